The molecule has 0 saturated heterocycles. The van der Waals surface area contributed by atoms with Crippen molar-refractivity contribution in [3.05, 3.63) is 0 Å². The van der Waals surface area contributed by atoms with Crippen molar-refractivity contribution >= 4 is 23.3 Å². The van der Waals surface area contributed by atoms with E-state index in [0.29, 0.717) is 0 Å². The van der Waals surface area contributed by atoms with Crippen LogP contribution in [-0.4, -0.2) is 17.6 Å². The van der Waals surface area contributed by atoms with Crippen molar-refractivity contribution in [2.45, 2.75) is 6.42 Å². The van der Waals surface area contributed by atoms with E-state index in [1.54, 1.807) is 0 Å². The molecule has 1 aliphatic rings. The normalized spacial score (nSPS) is 19.7. The summed E-state index contributed by atoms with van der Waals surface area (Å²) in [6.07, 6.45) is 2.79. The van der Waals surface area contributed by atoms with Crippen LogP contribution in [-0.2, 0) is 0 Å². The molecule has 32 valence electrons. The van der Waals surface area contributed by atoms with Gasteiger partial charge in [0.2, 0.25) is 0 Å². The Morgan fingerprint density at radius 1 is 1.83 bits per heavy atom. The summed E-state index contributed by atoms with van der Waals surface area (Å²) in [6.45, 7) is 0.787. The molecule has 1 heterocycles. The van der Waals surface area contributed by atoms with E-state index in [2.05, 4.69) is 4.99 Å². The lowest BCUT2D eigenvalue weighted by atomic mass is 10.4. The van der Waals surface area contributed by atoms with E-state index in [1.807, 2.05) is 6.21 Å². The molecule has 0 spiro atoms. The first-order valence-electron chi connectivity index (χ1n) is 1.89. The SMILES string of the molecule is S=C1CC=NC1. The molecule has 0 aromatic carbocycles. The zero-order valence-electron chi connectivity index (χ0n) is 3.35. The quantitative estimate of drug-likeness (QED) is 0.410. The van der Waals surface area contributed by atoms with Crippen molar-refractivity contribution in [1.82, 2.24) is 0 Å². The van der Waals surface area contributed by atoms with Gasteiger partial charge in [-0.25, -0.2) is 0 Å². The first kappa shape index (κ1) is 3.93. The van der Waals surface area contributed by atoms with E-state index in [1.165, 1.54) is 0 Å². The average molecular weight is 99.2 g/mol. The summed E-state index contributed by atoms with van der Waals surface area (Å²) in [4.78, 5) is 4.96. The number of hydrogen-bond donors (Lipinski definition) is 0. The molecule has 1 aliphatic heterocycles. The van der Waals surface area contributed by atoms with Crippen LogP contribution in [0.2, 0.25) is 0 Å². The van der Waals surface area contributed by atoms with Crippen molar-refractivity contribution in [1.29, 1.82) is 0 Å². The standard InChI is InChI=1S/C4H5NS/c6-4-1-2-5-3-4/h2H,1,3H2. The molecule has 0 N–H and O–H groups in total. The second-order valence-electron chi connectivity index (χ2n) is 1.27. The topological polar surface area (TPSA) is 12.4 Å². The van der Waals surface area contributed by atoms with Crippen LogP contribution < -0.4 is 0 Å². The minimum Gasteiger partial charge on any atom is -0.292 e. The van der Waals surface area contributed by atoms with E-state index in [-0.39, 0.29) is 0 Å². The fourth-order valence-electron chi connectivity index (χ4n) is 0.397. The Bertz CT molecular complexity index is 85.7. The van der Waals surface area contributed by atoms with Gasteiger partial charge in [0.25, 0.3) is 0 Å². The summed E-state index contributed by atoms with van der Waals surface area (Å²) >= 11 is 4.79. The van der Waals surface area contributed by atoms with Crippen LogP contribution in [0.1, 0.15) is 6.42 Å². The Morgan fingerprint density at radius 2 is 2.67 bits per heavy atom. The van der Waals surface area contributed by atoms with Crippen LogP contribution in [0.15, 0.2) is 4.99 Å². The first-order valence-corrected chi connectivity index (χ1v) is 2.30. The zero-order valence-corrected chi connectivity index (χ0v) is 4.16. The molecule has 0 bridgehead atoms. The smallest absolute Gasteiger partial charge is 0.0702 e. The predicted molar refractivity (Wildman–Crippen MR) is 30.6 cm³/mol. The number of nitrogens with zero attached hydrogens (tertiary/aromatic N) is 1. The van der Waals surface area contributed by atoms with E-state index in [0.717, 1.165) is 17.8 Å². The highest BCUT2D eigenvalue weighted by molar-refractivity contribution is 7.80. The van der Waals surface area contributed by atoms with Gasteiger partial charge in [-0.2, -0.15) is 0 Å². The van der Waals surface area contributed by atoms with Gasteiger partial charge in [0.15, 0.2) is 0 Å². The van der Waals surface area contributed by atoms with E-state index < -0.39 is 0 Å². The predicted octanol–water partition coefficient (Wildman–Crippen LogP) is 0.831. The van der Waals surface area contributed by atoms with Crippen molar-refractivity contribution in [2.24, 2.45) is 4.99 Å². The highest BCUT2D eigenvalue weighted by Gasteiger charge is 1.95. The van der Waals surface area contributed by atoms with Crippen molar-refractivity contribution in [3.8, 4) is 0 Å². The van der Waals surface area contributed by atoms with Gasteiger partial charge in [0.1, 0.15) is 0 Å². The molecule has 0 fully saturated rings. The molecule has 1 nitrogen and oxygen atoms in total. The molecular formula is C4H5NS. The lowest BCUT2D eigenvalue weighted by Gasteiger charge is -1.75. The average Bonchev–Trinajstić information content (AvgIpc) is 1.86. The summed E-state index contributed by atoms with van der Waals surface area (Å²) in [6, 6.07) is 0. The summed E-state index contributed by atoms with van der Waals surface area (Å²) in [5, 5.41) is 0. The molecule has 0 unspecified atom stereocenters. The van der Waals surface area contributed by atoms with Crippen molar-refractivity contribution in [3.63, 3.8) is 0 Å². The molecule has 0 aromatic rings. The summed E-state index contributed by atoms with van der Waals surface area (Å²) in [7, 11) is 0. The van der Waals surface area contributed by atoms with Crippen LogP contribution >= 0.6 is 12.2 Å². The number of aliphatic imine (C=N–C) groups is 1. The van der Waals surface area contributed by atoms with Gasteiger partial charge in [-0.1, -0.05) is 12.2 Å². The second kappa shape index (κ2) is 1.47. The van der Waals surface area contributed by atoms with Crippen LogP contribution in [0.5, 0.6) is 0 Å². The van der Waals surface area contributed by atoms with Gasteiger partial charge < -0.3 is 0 Å². The lowest BCUT2D eigenvalue weighted by Crippen LogP contribution is -1.87. The minimum absolute atomic E-state index is 0.787. The lowest BCUT2D eigenvalue weighted by molar-refractivity contribution is 1.37. The Morgan fingerprint density at radius 3 is 2.83 bits per heavy atom. The molecule has 0 aliphatic carbocycles. The molecule has 0 aromatic heterocycles. The maximum absolute atomic E-state index is 4.79. The van der Waals surface area contributed by atoms with Crippen LogP contribution in [0.25, 0.3) is 0 Å². The molecule has 0 amide bonds. The van der Waals surface area contributed by atoms with Gasteiger partial charge >= 0.3 is 0 Å². The summed E-state index contributed by atoms with van der Waals surface area (Å²) in [5.41, 5.74) is 0. The molecule has 0 radical (unpaired) electrons. The largest absolute Gasteiger partial charge is 0.292 e. The first-order chi connectivity index (χ1) is 2.89. The van der Waals surface area contributed by atoms with Crippen LogP contribution in [0, 0.1) is 0 Å². The molecule has 1 rings (SSSR count). The number of thiocarbonyl (C=S) groups is 1. The fraction of sp³-hybridized carbons (Fsp3) is 0.500. The van der Waals surface area contributed by atoms with Gasteiger partial charge in [-0.3, -0.25) is 4.99 Å². The molecular weight excluding hydrogens is 94.1 g/mol. The maximum Gasteiger partial charge on any atom is 0.0702 e. The Hall–Kier alpha value is -0.240. The molecule has 0 atom stereocenters. The van der Waals surface area contributed by atoms with Gasteiger partial charge in [-0.15, -0.1) is 0 Å². The fourth-order valence-corrected chi connectivity index (χ4v) is 0.546. The third-order valence-corrected chi connectivity index (χ3v) is 1.01. The van der Waals surface area contributed by atoms with Crippen LogP contribution in [0.4, 0.5) is 0 Å². The Labute approximate surface area is 42.1 Å². The number of hydrogen-bond acceptors (Lipinski definition) is 2. The van der Waals surface area contributed by atoms with E-state index in [4.69, 9.17) is 12.2 Å². The Kier molecular flexibility index (Phi) is 0.965. The van der Waals surface area contributed by atoms with Gasteiger partial charge in [0, 0.05) is 17.5 Å². The zero-order chi connectivity index (χ0) is 4.41. The van der Waals surface area contributed by atoms with Gasteiger partial charge in [0.05, 0.1) is 6.54 Å². The highest BCUT2D eigenvalue weighted by Crippen LogP contribution is 1.91. The van der Waals surface area contributed by atoms with E-state index >= 15 is 0 Å². The molecule has 0 saturated carbocycles. The highest BCUT2D eigenvalue weighted by atomic mass is 32.1. The van der Waals surface area contributed by atoms with Crippen molar-refractivity contribution < 1.29 is 0 Å². The minimum atomic E-state index is 0.787. The van der Waals surface area contributed by atoms with Crippen LogP contribution in [0.3, 0.4) is 0 Å². The number of rotatable bonds is 0. The third-order valence-electron chi connectivity index (χ3n) is 0.716. The van der Waals surface area contributed by atoms with E-state index in [9.17, 15) is 0 Å². The van der Waals surface area contributed by atoms with Crippen molar-refractivity contribution in [2.75, 3.05) is 6.54 Å². The van der Waals surface area contributed by atoms with Gasteiger partial charge in [-0.05, 0) is 0 Å². The molecule has 6 heavy (non-hydrogen) atoms. The maximum atomic E-state index is 4.79. The molecule has 2 heteroatoms. The summed E-state index contributed by atoms with van der Waals surface area (Å²) < 4.78 is 0. The third kappa shape index (κ3) is 0.627. The second-order valence-corrected chi connectivity index (χ2v) is 1.84. The summed E-state index contributed by atoms with van der Waals surface area (Å²) in [5.74, 6) is 0. The monoisotopic (exact) mass is 99.0 g/mol. The Balaban J connectivity index is 2.52.